The molecule has 1 atom stereocenters. The van der Waals surface area contributed by atoms with Gasteiger partial charge in [0.25, 0.3) is 0 Å². The fraction of sp³-hybridized carbons (Fsp3) is 0.200. The first-order valence-corrected chi connectivity index (χ1v) is 7.66. The first-order chi connectivity index (χ1) is 9.04. The van der Waals surface area contributed by atoms with Gasteiger partial charge in [-0.1, -0.05) is 28.1 Å². The third kappa shape index (κ3) is 4.34. The Labute approximate surface area is 125 Å². The van der Waals surface area contributed by atoms with Gasteiger partial charge < -0.3 is 5.11 Å². The zero-order chi connectivity index (χ0) is 13.8. The lowest BCUT2D eigenvalue weighted by Crippen LogP contribution is -2.01. The molecule has 19 heavy (non-hydrogen) atoms. The number of rotatable bonds is 4. The van der Waals surface area contributed by atoms with Gasteiger partial charge in [0, 0.05) is 15.1 Å². The van der Waals surface area contributed by atoms with Crippen LogP contribution >= 0.6 is 27.7 Å². The molecule has 2 aromatic carbocycles. The number of hydrogen-bond acceptors (Lipinski definition) is 2. The Morgan fingerprint density at radius 3 is 2.74 bits per heavy atom. The minimum atomic E-state index is -0.668. The molecule has 0 radical (unpaired) electrons. The maximum absolute atomic E-state index is 13.3. The summed E-state index contributed by atoms with van der Waals surface area (Å²) in [6.07, 6.45) is -0.668. The van der Waals surface area contributed by atoms with Crippen molar-refractivity contribution < 1.29 is 9.50 Å². The first-order valence-electron chi connectivity index (χ1n) is 5.88. The average Bonchev–Trinajstić information content (AvgIpc) is 2.35. The van der Waals surface area contributed by atoms with Crippen LogP contribution in [0.5, 0.6) is 0 Å². The minimum Gasteiger partial charge on any atom is -0.388 e. The molecule has 0 aliphatic heterocycles. The number of benzene rings is 2. The molecule has 4 heteroatoms. The van der Waals surface area contributed by atoms with Gasteiger partial charge >= 0.3 is 0 Å². The van der Waals surface area contributed by atoms with E-state index in [1.807, 2.05) is 37.3 Å². The van der Waals surface area contributed by atoms with Crippen molar-refractivity contribution in [2.75, 3.05) is 5.75 Å². The van der Waals surface area contributed by atoms with E-state index in [2.05, 4.69) is 15.9 Å². The summed E-state index contributed by atoms with van der Waals surface area (Å²) in [6, 6.07) is 12.5. The van der Waals surface area contributed by atoms with Crippen molar-refractivity contribution in [1.29, 1.82) is 0 Å². The molecule has 0 spiro atoms. The van der Waals surface area contributed by atoms with Gasteiger partial charge in [-0.15, -0.1) is 11.8 Å². The summed E-state index contributed by atoms with van der Waals surface area (Å²) in [6.45, 7) is 1.82. The highest BCUT2D eigenvalue weighted by Gasteiger charge is 2.10. The topological polar surface area (TPSA) is 20.2 Å². The smallest absolute Gasteiger partial charge is 0.123 e. The van der Waals surface area contributed by atoms with Crippen LogP contribution in [-0.2, 0) is 0 Å². The van der Waals surface area contributed by atoms with E-state index in [1.54, 1.807) is 11.8 Å². The lowest BCUT2D eigenvalue weighted by molar-refractivity contribution is 0.203. The molecular weight excluding hydrogens is 327 g/mol. The van der Waals surface area contributed by atoms with Crippen LogP contribution in [0.2, 0.25) is 0 Å². The van der Waals surface area contributed by atoms with Crippen LogP contribution in [0, 0.1) is 12.7 Å². The zero-order valence-corrected chi connectivity index (χ0v) is 12.8. The van der Waals surface area contributed by atoms with Crippen LogP contribution in [0.1, 0.15) is 17.2 Å². The zero-order valence-electron chi connectivity index (χ0n) is 10.4. The molecular formula is C15H14BrFOS. The second-order valence-electron chi connectivity index (χ2n) is 4.35. The highest BCUT2D eigenvalue weighted by atomic mass is 79.9. The van der Waals surface area contributed by atoms with E-state index in [0.717, 1.165) is 14.9 Å². The van der Waals surface area contributed by atoms with E-state index in [0.29, 0.717) is 11.3 Å². The summed E-state index contributed by atoms with van der Waals surface area (Å²) >= 11 is 4.95. The molecule has 0 heterocycles. The van der Waals surface area contributed by atoms with Crippen molar-refractivity contribution in [2.24, 2.45) is 0 Å². The predicted molar refractivity (Wildman–Crippen MR) is 81.0 cm³/mol. The number of hydrogen-bond donors (Lipinski definition) is 1. The summed E-state index contributed by atoms with van der Waals surface area (Å²) in [5.41, 5.74) is 1.45. The van der Waals surface area contributed by atoms with E-state index in [4.69, 9.17) is 0 Å². The number of aryl methyl sites for hydroxylation is 1. The van der Waals surface area contributed by atoms with Gasteiger partial charge in [0.1, 0.15) is 5.82 Å². The van der Waals surface area contributed by atoms with Gasteiger partial charge in [-0.3, -0.25) is 0 Å². The summed E-state index contributed by atoms with van der Waals surface area (Å²) in [5.74, 6) is 0.195. The molecule has 0 saturated heterocycles. The van der Waals surface area contributed by atoms with Crippen LogP contribution < -0.4 is 0 Å². The second-order valence-corrected chi connectivity index (χ2v) is 6.36. The Morgan fingerprint density at radius 1 is 1.26 bits per heavy atom. The van der Waals surface area contributed by atoms with Crippen molar-refractivity contribution >= 4 is 27.7 Å². The normalized spacial score (nSPS) is 12.4. The number of aliphatic hydroxyl groups is 1. The van der Waals surface area contributed by atoms with Crippen molar-refractivity contribution in [3.8, 4) is 0 Å². The molecule has 1 N–H and O–H groups in total. The maximum Gasteiger partial charge on any atom is 0.123 e. The molecule has 0 saturated carbocycles. The maximum atomic E-state index is 13.3. The van der Waals surface area contributed by atoms with E-state index in [9.17, 15) is 9.50 Å². The van der Waals surface area contributed by atoms with Gasteiger partial charge in [-0.05, 0) is 48.4 Å². The summed E-state index contributed by atoms with van der Waals surface area (Å²) < 4.78 is 14.3. The molecule has 0 aliphatic rings. The summed E-state index contributed by atoms with van der Waals surface area (Å²) in [5, 5.41) is 10.1. The fourth-order valence-corrected chi connectivity index (χ4v) is 3.26. The summed E-state index contributed by atoms with van der Waals surface area (Å²) in [7, 11) is 0. The number of halogens is 2. The van der Waals surface area contributed by atoms with E-state index in [-0.39, 0.29) is 5.82 Å². The fourth-order valence-electron chi connectivity index (χ4n) is 1.79. The second kappa shape index (κ2) is 6.55. The van der Waals surface area contributed by atoms with Crippen molar-refractivity contribution in [3.05, 3.63) is 63.9 Å². The molecule has 0 bridgehead atoms. The van der Waals surface area contributed by atoms with Crippen LogP contribution in [-0.4, -0.2) is 10.9 Å². The highest BCUT2D eigenvalue weighted by molar-refractivity contribution is 9.10. The van der Waals surface area contributed by atoms with Gasteiger partial charge in [-0.2, -0.15) is 0 Å². The van der Waals surface area contributed by atoms with E-state index in [1.165, 1.54) is 12.1 Å². The van der Waals surface area contributed by atoms with Crippen molar-refractivity contribution in [3.63, 3.8) is 0 Å². The molecule has 1 nitrogen and oxygen atoms in total. The Balaban J connectivity index is 2.03. The van der Waals surface area contributed by atoms with Gasteiger partial charge in [0.2, 0.25) is 0 Å². The lowest BCUT2D eigenvalue weighted by Gasteiger charge is -2.12. The standard InChI is InChI=1S/C15H14BrFOS/c1-10-5-11(7-13(17)6-10)15(18)9-19-14-4-2-3-12(16)8-14/h2-8,15,18H,9H2,1H3. The van der Waals surface area contributed by atoms with Crippen LogP contribution in [0.4, 0.5) is 4.39 Å². The average molecular weight is 341 g/mol. The monoisotopic (exact) mass is 340 g/mol. The molecule has 2 rings (SSSR count). The molecule has 100 valence electrons. The van der Waals surface area contributed by atoms with Crippen molar-refractivity contribution in [2.45, 2.75) is 17.9 Å². The van der Waals surface area contributed by atoms with Gasteiger partial charge in [0.05, 0.1) is 6.10 Å². The van der Waals surface area contributed by atoms with E-state index >= 15 is 0 Å². The molecule has 0 aromatic heterocycles. The molecule has 1 unspecified atom stereocenters. The molecule has 0 aliphatic carbocycles. The Hall–Kier alpha value is -0.840. The van der Waals surface area contributed by atoms with Gasteiger partial charge in [-0.25, -0.2) is 4.39 Å². The number of thioether (sulfide) groups is 1. The third-order valence-corrected chi connectivity index (χ3v) is 4.22. The molecule has 0 amide bonds. The largest absolute Gasteiger partial charge is 0.388 e. The van der Waals surface area contributed by atoms with Crippen LogP contribution in [0.3, 0.4) is 0 Å². The predicted octanol–water partition coefficient (Wildman–Crippen LogP) is 4.72. The number of aliphatic hydroxyl groups excluding tert-OH is 1. The van der Waals surface area contributed by atoms with Crippen molar-refractivity contribution in [1.82, 2.24) is 0 Å². The Kier molecular flexibility index (Phi) is 5.02. The van der Waals surface area contributed by atoms with E-state index < -0.39 is 6.10 Å². The first kappa shape index (κ1) is 14.6. The van der Waals surface area contributed by atoms with Crippen LogP contribution in [0.25, 0.3) is 0 Å². The third-order valence-electron chi connectivity index (χ3n) is 2.65. The lowest BCUT2D eigenvalue weighted by atomic mass is 10.1. The minimum absolute atomic E-state index is 0.304. The summed E-state index contributed by atoms with van der Waals surface area (Å²) in [4.78, 5) is 1.07. The molecule has 0 fully saturated rings. The van der Waals surface area contributed by atoms with Crippen LogP contribution in [0.15, 0.2) is 51.8 Å². The Bertz CT molecular complexity index is 554. The SMILES string of the molecule is Cc1cc(F)cc(C(O)CSc2cccc(Br)c2)c1. The molecule has 2 aromatic rings. The highest BCUT2D eigenvalue weighted by Crippen LogP contribution is 2.27. The quantitative estimate of drug-likeness (QED) is 0.812. The van der Waals surface area contributed by atoms with Gasteiger partial charge in [0.15, 0.2) is 0 Å². The Morgan fingerprint density at radius 2 is 2.05 bits per heavy atom.